The number of nitrogens with zero attached hydrogens (tertiary/aromatic N) is 2. The van der Waals surface area contributed by atoms with Gasteiger partial charge in [-0.1, -0.05) is 12.1 Å². The van der Waals surface area contributed by atoms with Gasteiger partial charge in [0.25, 0.3) is 0 Å². The number of rotatable bonds is 5. The number of carbonyl (C=O) groups excluding carboxylic acids is 1. The fourth-order valence-electron chi connectivity index (χ4n) is 2.25. The predicted octanol–water partition coefficient (Wildman–Crippen LogP) is 2.87. The quantitative estimate of drug-likeness (QED) is 0.879. The summed E-state index contributed by atoms with van der Waals surface area (Å²) in [5.74, 6) is 0. The van der Waals surface area contributed by atoms with Gasteiger partial charge in [-0.3, -0.25) is 4.68 Å². The second-order valence-electron chi connectivity index (χ2n) is 5.57. The molecule has 1 aromatic heterocycles. The van der Waals surface area contributed by atoms with E-state index in [1.54, 1.807) is 30.9 Å². The van der Waals surface area contributed by atoms with Crippen molar-refractivity contribution in [2.24, 2.45) is 7.05 Å². The van der Waals surface area contributed by atoms with Crippen molar-refractivity contribution < 1.29 is 18.0 Å². The summed E-state index contributed by atoms with van der Waals surface area (Å²) in [6, 6.07) is 6.19. The highest BCUT2D eigenvalue weighted by Gasteiger charge is 2.29. The molecule has 2 N–H and O–H groups in total. The molecule has 2 aromatic rings. The molecule has 0 saturated carbocycles. The van der Waals surface area contributed by atoms with Crippen LogP contribution in [0.4, 0.5) is 18.0 Å². The Labute approximate surface area is 137 Å². The monoisotopic (exact) mass is 340 g/mol. The summed E-state index contributed by atoms with van der Waals surface area (Å²) >= 11 is 0. The van der Waals surface area contributed by atoms with Crippen molar-refractivity contribution in [2.75, 3.05) is 0 Å². The molecular formula is C16H19F3N4O. The van der Waals surface area contributed by atoms with Crippen LogP contribution in [0.15, 0.2) is 36.5 Å². The minimum Gasteiger partial charge on any atom is -0.335 e. The van der Waals surface area contributed by atoms with Crippen molar-refractivity contribution in [1.82, 2.24) is 20.4 Å². The van der Waals surface area contributed by atoms with Gasteiger partial charge in [0.15, 0.2) is 0 Å². The van der Waals surface area contributed by atoms with Crippen molar-refractivity contribution in [3.63, 3.8) is 0 Å². The molecule has 0 aliphatic carbocycles. The van der Waals surface area contributed by atoms with E-state index in [-0.39, 0.29) is 12.1 Å². The standard InChI is InChI=1S/C16H19F3N4O/c1-11(9-12-3-5-13(6-4-12)16(17,18)19)22-15(24)20-10-14-7-8-21-23(14)2/h3-8,11H,9-10H2,1-2H3,(H2,20,22,24). The lowest BCUT2D eigenvalue weighted by Gasteiger charge is -2.15. The summed E-state index contributed by atoms with van der Waals surface area (Å²) in [7, 11) is 1.78. The van der Waals surface area contributed by atoms with Gasteiger partial charge < -0.3 is 10.6 Å². The van der Waals surface area contributed by atoms with Gasteiger partial charge in [-0.05, 0) is 37.1 Å². The number of urea groups is 1. The van der Waals surface area contributed by atoms with E-state index in [0.717, 1.165) is 23.4 Å². The maximum absolute atomic E-state index is 12.5. The minimum absolute atomic E-state index is 0.215. The molecule has 2 amide bonds. The molecule has 0 bridgehead atoms. The predicted molar refractivity (Wildman–Crippen MR) is 83.2 cm³/mol. The number of aromatic nitrogens is 2. The van der Waals surface area contributed by atoms with Gasteiger partial charge in [0, 0.05) is 19.3 Å². The lowest BCUT2D eigenvalue weighted by atomic mass is 10.1. The Balaban J connectivity index is 1.81. The zero-order valence-corrected chi connectivity index (χ0v) is 13.4. The zero-order valence-electron chi connectivity index (χ0n) is 13.4. The van der Waals surface area contributed by atoms with E-state index in [1.807, 2.05) is 0 Å². The van der Waals surface area contributed by atoms with E-state index in [0.29, 0.717) is 13.0 Å². The fraction of sp³-hybridized carbons (Fsp3) is 0.375. The number of hydrogen-bond donors (Lipinski definition) is 2. The molecule has 0 saturated heterocycles. The molecule has 5 nitrogen and oxygen atoms in total. The van der Waals surface area contributed by atoms with Crippen molar-refractivity contribution in [1.29, 1.82) is 0 Å². The van der Waals surface area contributed by atoms with E-state index < -0.39 is 11.7 Å². The van der Waals surface area contributed by atoms with Crippen LogP contribution in [0.2, 0.25) is 0 Å². The molecule has 1 heterocycles. The van der Waals surface area contributed by atoms with Crippen LogP contribution in [0, 0.1) is 0 Å². The Morgan fingerprint density at radius 1 is 1.25 bits per heavy atom. The van der Waals surface area contributed by atoms with Gasteiger partial charge in [0.05, 0.1) is 17.8 Å². The Morgan fingerprint density at radius 2 is 1.92 bits per heavy atom. The van der Waals surface area contributed by atoms with Gasteiger partial charge in [0.2, 0.25) is 0 Å². The molecular weight excluding hydrogens is 321 g/mol. The maximum atomic E-state index is 12.5. The van der Waals surface area contributed by atoms with Crippen molar-refractivity contribution >= 4 is 6.03 Å². The number of carbonyl (C=O) groups is 1. The van der Waals surface area contributed by atoms with E-state index in [2.05, 4.69) is 15.7 Å². The van der Waals surface area contributed by atoms with Crippen LogP contribution in [0.1, 0.15) is 23.7 Å². The van der Waals surface area contributed by atoms with E-state index in [9.17, 15) is 18.0 Å². The first-order chi connectivity index (χ1) is 11.3. The van der Waals surface area contributed by atoms with Gasteiger partial charge in [-0.2, -0.15) is 18.3 Å². The van der Waals surface area contributed by atoms with E-state index >= 15 is 0 Å². The molecule has 1 unspecified atom stereocenters. The Hall–Kier alpha value is -2.51. The van der Waals surface area contributed by atoms with Crippen LogP contribution < -0.4 is 10.6 Å². The van der Waals surface area contributed by atoms with Crippen LogP contribution in [0.5, 0.6) is 0 Å². The molecule has 2 rings (SSSR count). The first-order valence-electron chi connectivity index (χ1n) is 7.43. The number of nitrogens with one attached hydrogen (secondary N) is 2. The largest absolute Gasteiger partial charge is 0.416 e. The first kappa shape index (κ1) is 17.8. The normalized spacial score (nSPS) is 12.7. The number of amides is 2. The van der Waals surface area contributed by atoms with Crippen molar-refractivity contribution in [3.8, 4) is 0 Å². The molecule has 1 atom stereocenters. The number of benzene rings is 1. The molecule has 1 aromatic carbocycles. The van der Waals surface area contributed by atoms with Crippen LogP contribution in [-0.2, 0) is 26.2 Å². The topological polar surface area (TPSA) is 59.0 Å². The highest BCUT2D eigenvalue weighted by molar-refractivity contribution is 5.74. The summed E-state index contributed by atoms with van der Waals surface area (Å²) in [5.41, 5.74) is 0.906. The highest BCUT2D eigenvalue weighted by atomic mass is 19.4. The zero-order chi connectivity index (χ0) is 17.7. The summed E-state index contributed by atoms with van der Waals surface area (Å²) in [5, 5.41) is 9.47. The lowest BCUT2D eigenvalue weighted by Crippen LogP contribution is -2.41. The van der Waals surface area contributed by atoms with Crippen LogP contribution >= 0.6 is 0 Å². The number of hydrogen-bond acceptors (Lipinski definition) is 2. The second-order valence-corrected chi connectivity index (χ2v) is 5.57. The Morgan fingerprint density at radius 3 is 2.46 bits per heavy atom. The van der Waals surface area contributed by atoms with Gasteiger partial charge in [0.1, 0.15) is 0 Å². The first-order valence-corrected chi connectivity index (χ1v) is 7.43. The van der Waals surface area contributed by atoms with Crippen LogP contribution in [0.3, 0.4) is 0 Å². The molecule has 0 aliphatic rings. The molecule has 8 heteroatoms. The summed E-state index contributed by atoms with van der Waals surface area (Å²) in [6.45, 7) is 2.14. The summed E-state index contributed by atoms with van der Waals surface area (Å²) in [6.07, 6.45) is -2.26. The number of aryl methyl sites for hydroxylation is 1. The molecule has 0 aliphatic heterocycles. The van der Waals surface area contributed by atoms with Gasteiger partial charge in [-0.15, -0.1) is 0 Å². The third kappa shape index (κ3) is 5.00. The van der Waals surface area contributed by atoms with E-state index in [4.69, 9.17) is 0 Å². The van der Waals surface area contributed by atoms with Crippen LogP contribution in [-0.4, -0.2) is 21.9 Å². The average molecular weight is 340 g/mol. The van der Waals surface area contributed by atoms with Crippen LogP contribution in [0.25, 0.3) is 0 Å². The molecule has 0 radical (unpaired) electrons. The van der Waals surface area contributed by atoms with Crippen molar-refractivity contribution in [3.05, 3.63) is 53.3 Å². The second kappa shape index (κ2) is 7.37. The smallest absolute Gasteiger partial charge is 0.335 e. The molecule has 0 fully saturated rings. The molecule has 24 heavy (non-hydrogen) atoms. The Bertz CT molecular complexity index is 679. The number of halogens is 3. The van der Waals surface area contributed by atoms with E-state index in [1.165, 1.54) is 12.1 Å². The Kier molecular flexibility index (Phi) is 5.48. The fourth-order valence-corrected chi connectivity index (χ4v) is 2.25. The summed E-state index contributed by atoms with van der Waals surface area (Å²) < 4.78 is 39.2. The van der Waals surface area contributed by atoms with Gasteiger partial charge >= 0.3 is 12.2 Å². The third-order valence-electron chi connectivity index (χ3n) is 3.55. The third-order valence-corrected chi connectivity index (χ3v) is 3.55. The summed E-state index contributed by atoms with van der Waals surface area (Å²) in [4.78, 5) is 11.8. The molecule has 130 valence electrons. The average Bonchev–Trinajstić information content (AvgIpc) is 2.90. The number of alkyl halides is 3. The SMILES string of the molecule is CC(Cc1ccc(C(F)(F)F)cc1)NC(=O)NCc1ccnn1C. The van der Waals surface area contributed by atoms with Gasteiger partial charge in [-0.25, -0.2) is 4.79 Å². The van der Waals surface area contributed by atoms with Crippen molar-refractivity contribution in [2.45, 2.75) is 32.1 Å². The maximum Gasteiger partial charge on any atom is 0.416 e. The highest BCUT2D eigenvalue weighted by Crippen LogP contribution is 2.29. The minimum atomic E-state index is -4.34. The lowest BCUT2D eigenvalue weighted by molar-refractivity contribution is -0.137. The molecule has 0 spiro atoms.